The maximum Gasteiger partial charge on any atom is 0.337 e. The number of ether oxygens (including phenoxy) is 2. The predicted octanol–water partition coefficient (Wildman–Crippen LogP) is 6.20. The molecule has 1 aliphatic heterocycles. The van der Waals surface area contributed by atoms with Crippen LogP contribution in [-0.4, -0.2) is 30.3 Å². The van der Waals surface area contributed by atoms with Crippen LogP contribution in [0.3, 0.4) is 0 Å². The second-order valence-electron chi connectivity index (χ2n) is 7.79. The SMILES string of the molecule is CCCCOC(=O)C1=C(C)NC(c2ccccc2)=C(C(=O)OCC)[C@@H]1c1cc(Br)c(O)c(Br)c1. The van der Waals surface area contributed by atoms with Gasteiger partial charge in [-0.25, -0.2) is 9.59 Å². The van der Waals surface area contributed by atoms with Crippen LogP contribution in [0.1, 0.15) is 50.7 Å². The van der Waals surface area contributed by atoms with E-state index in [9.17, 15) is 14.7 Å². The lowest BCUT2D eigenvalue weighted by atomic mass is 9.79. The summed E-state index contributed by atoms with van der Waals surface area (Å²) < 4.78 is 11.9. The Labute approximate surface area is 216 Å². The van der Waals surface area contributed by atoms with Crippen molar-refractivity contribution < 1.29 is 24.2 Å². The highest BCUT2D eigenvalue weighted by Crippen LogP contribution is 2.45. The molecule has 0 saturated carbocycles. The highest BCUT2D eigenvalue weighted by atomic mass is 79.9. The summed E-state index contributed by atoms with van der Waals surface area (Å²) in [6.07, 6.45) is 1.62. The molecule has 0 radical (unpaired) electrons. The average Bonchev–Trinajstić information content (AvgIpc) is 2.82. The van der Waals surface area contributed by atoms with Gasteiger partial charge in [0.05, 0.1) is 44.9 Å². The molecule has 0 amide bonds. The summed E-state index contributed by atoms with van der Waals surface area (Å²) in [4.78, 5) is 26.7. The van der Waals surface area contributed by atoms with Crippen LogP contribution >= 0.6 is 31.9 Å². The van der Waals surface area contributed by atoms with Crippen molar-refractivity contribution in [1.82, 2.24) is 5.32 Å². The standard InChI is InChI=1S/C26H27Br2NO5/c1-4-6-12-34-25(31)20-15(3)29-23(16-10-8-7-9-11-16)22(26(32)33-5-2)21(20)17-13-18(27)24(30)19(28)14-17/h7-11,13-14,21,29-30H,4-6,12H2,1-3H3/t21-/m1/s1. The monoisotopic (exact) mass is 591 g/mol. The molecule has 0 fully saturated rings. The first-order valence-corrected chi connectivity index (χ1v) is 12.7. The number of allylic oxidation sites excluding steroid dienone is 1. The van der Waals surface area contributed by atoms with Gasteiger partial charge in [0, 0.05) is 5.70 Å². The van der Waals surface area contributed by atoms with E-state index in [1.165, 1.54) is 0 Å². The summed E-state index contributed by atoms with van der Waals surface area (Å²) in [5.41, 5.74) is 3.17. The van der Waals surface area contributed by atoms with Crippen molar-refractivity contribution >= 4 is 49.5 Å². The second kappa shape index (κ2) is 11.7. The number of aromatic hydroxyl groups is 1. The Morgan fingerprint density at radius 3 is 2.21 bits per heavy atom. The van der Waals surface area contributed by atoms with Crippen molar-refractivity contribution in [1.29, 1.82) is 0 Å². The third kappa shape index (κ3) is 5.55. The van der Waals surface area contributed by atoms with Gasteiger partial charge in [-0.1, -0.05) is 43.7 Å². The van der Waals surface area contributed by atoms with Gasteiger partial charge in [0.15, 0.2) is 0 Å². The molecule has 6 nitrogen and oxygen atoms in total. The Hall–Kier alpha value is -2.58. The van der Waals surface area contributed by atoms with Gasteiger partial charge in [-0.2, -0.15) is 0 Å². The Morgan fingerprint density at radius 1 is 1.00 bits per heavy atom. The number of unbranched alkanes of at least 4 members (excludes halogenated alkanes) is 1. The molecule has 8 heteroatoms. The molecule has 1 aliphatic rings. The van der Waals surface area contributed by atoms with E-state index in [-0.39, 0.29) is 19.0 Å². The van der Waals surface area contributed by atoms with Gasteiger partial charge in [0.2, 0.25) is 0 Å². The lowest BCUT2D eigenvalue weighted by Crippen LogP contribution is -2.33. The van der Waals surface area contributed by atoms with Gasteiger partial charge in [0.25, 0.3) is 0 Å². The summed E-state index contributed by atoms with van der Waals surface area (Å²) in [5, 5.41) is 13.5. The number of carbonyl (C=O) groups is 2. The molecule has 2 aromatic carbocycles. The molecule has 34 heavy (non-hydrogen) atoms. The smallest absolute Gasteiger partial charge is 0.337 e. The number of nitrogens with one attached hydrogen (secondary N) is 1. The zero-order valence-corrected chi connectivity index (χ0v) is 22.5. The van der Waals surface area contributed by atoms with Crippen molar-refractivity contribution in [3.8, 4) is 5.75 Å². The number of hydrogen-bond donors (Lipinski definition) is 2. The third-order valence-electron chi connectivity index (χ3n) is 5.44. The highest BCUT2D eigenvalue weighted by Gasteiger charge is 2.39. The number of benzene rings is 2. The Kier molecular flexibility index (Phi) is 8.97. The van der Waals surface area contributed by atoms with Crippen LogP contribution in [-0.2, 0) is 19.1 Å². The summed E-state index contributed by atoms with van der Waals surface area (Å²) >= 11 is 6.75. The third-order valence-corrected chi connectivity index (χ3v) is 6.65. The van der Waals surface area contributed by atoms with E-state index in [0.717, 1.165) is 18.4 Å². The van der Waals surface area contributed by atoms with E-state index < -0.39 is 17.9 Å². The maximum atomic E-state index is 13.4. The molecule has 0 unspecified atom stereocenters. The quantitative estimate of drug-likeness (QED) is 0.281. The summed E-state index contributed by atoms with van der Waals surface area (Å²) in [7, 11) is 0. The predicted molar refractivity (Wildman–Crippen MR) is 138 cm³/mol. The first-order chi connectivity index (χ1) is 16.3. The van der Waals surface area contributed by atoms with E-state index in [1.807, 2.05) is 37.3 Å². The Morgan fingerprint density at radius 2 is 1.62 bits per heavy atom. The van der Waals surface area contributed by atoms with Crippen LogP contribution in [0.25, 0.3) is 5.70 Å². The van der Waals surface area contributed by atoms with Gasteiger partial charge in [-0.05, 0) is 75.4 Å². The van der Waals surface area contributed by atoms with E-state index in [2.05, 4.69) is 37.2 Å². The number of rotatable bonds is 8. The first-order valence-electron chi connectivity index (χ1n) is 11.1. The fourth-order valence-corrected chi connectivity index (χ4v) is 5.05. The molecule has 0 aliphatic carbocycles. The van der Waals surface area contributed by atoms with Crippen molar-refractivity contribution in [2.24, 2.45) is 0 Å². The van der Waals surface area contributed by atoms with Crippen LogP contribution in [0, 0.1) is 0 Å². The number of dihydropyridines is 1. The molecular formula is C26H27Br2NO5. The largest absolute Gasteiger partial charge is 0.506 e. The molecule has 0 spiro atoms. The van der Waals surface area contributed by atoms with E-state index in [4.69, 9.17) is 9.47 Å². The minimum Gasteiger partial charge on any atom is -0.506 e. The van der Waals surface area contributed by atoms with Crippen LogP contribution in [0.15, 0.2) is 68.3 Å². The molecule has 1 heterocycles. The Balaban J connectivity index is 2.28. The van der Waals surface area contributed by atoms with Crippen molar-refractivity contribution in [2.75, 3.05) is 13.2 Å². The van der Waals surface area contributed by atoms with Gasteiger partial charge in [-0.3, -0.25) is 0 Å². The second-order valence-corrected chi connectivity index (χ2v) is 9.50. The zero-order chi connectivity index (χ0) is 24.8. The van der Waals surface area contributed by atoms with E-state index in [0.29, 0.717) is 37.0 Å². The Bertz CT molecular complexity index is 1120. The molecule has 3 rings (SSSR count). The first kappa shape index (κ1) is 26.0. The number of esters is 2. The fraction of sp³-hybridized carbons (Fsp3) is 0.308. The molecule has 2 aromatic rings. The van der Waals surface area contributed by atoms with Crippen LogP contribution in [0.2, 0.25) is 0 Å². The van der Waals surface area contributed by atoms with Gasteiger partial charge < -0.3 is 19.9 Å². The molecule has 0 saturated heterocycles. The number of phenolic OH excluding ortho intramolecular Hbond substituents is 1. The van der Waals surface area contributed by atoms with Crippen LogP contribution in [0.5, 0.6) is 5.75 Å². The molecule has 180 valence electrons. The van der Waals surface area contributed by atoms with Gasteiger partial charge in [0.1, 0.15) is 5.75 Å². The minimum absolute atomic E-state index is 0.0235. The summed E-state index contributed by atoms with van der Waals surface area (Å²) in [6, 6.07) is 12.8. The lowest BCUT2D eigenvalue weighted by molar-refractivity contribution is -0.139. The highest BCUT2D eigenvalue weighted by molar-refractivity contribution is 9.11. The summed E-state index contributed by atoms with van der Waals surface area (Å²) in [6.45, 7) is 6.01. The van der Waals surface area contributed by atoms with E-state index in [1.54, 1.807) is 26.0 Å². The van der Waals surface area contributed by atoms with Crippen LogP contribution < -0.4 is 5.32 Å². The fourth-order valence-electron chi connectivity index (χ4n) is 3.83. The van der Waals surface area contributed by atoms with Gasteiger partial charge in [-0.15, -0.1) is 0 Å². The van der Waals surface area contributed by atoms with Crippen molar-refractivity contribution in [2.45, 2.75) is 39.5 Å². The number of halogens is 2. The van der Waals surface area contributed by atoms with Crippen LogP contribution in [0.4, 0.5) is 0 Å². The lowest BCUT2D eigenvalue weighted by Gasteiger charge is -2.32. The molecule has 2 N–H and O–H groups in total. The maximum absolute atomic E-state index is 13.4. The number of hydrogen-bond acceptors (Lipinski definition) is 6. The molecule has 0 aromatic heterocycles. The molecule has 1 atom stereocenters. The van der Waals surface area contributed by atoms with Crippen molar-refractivity contribution in [3.05, 3.63) is 79.4 Å². The number of phenols is 1. The van der Waals surface area contributed by atoms with Gasteiger partial charge >= 0.3 is 11.9 Å². The average molecular weight is 593 g/mol. The van der Waals surface area contributed by atoms with Crippen molar-refractivity contribution in [3.63, 3.8) is 0 Å². The molecular weight excluding hydrogens is 566 g/mol. The van der Waals surface area contributed by atoms with E-state index >= 15 is 0 Å². The topological polar surface area (TPSA) is 84.9 Å². The normalized spacial score (nSPS) is 15.7. The zero-order valence-electron chi connectivity index (χ0n) is 19.3. The summed E-state index contributed by atoms with van der Waals surface area (Å²) in [5.74, 6) is -1.79. The molecule has 0 bridgehead atoms. The number of carbonyl (C=O) groups excluding carboxylic acids is 2. The minimum atomic E-state index is -0.780.